The standard InChI is InChI=1S/C18H21ClN2OS.C2H6/c1-12(2)11-20-17-10-15(22)14-8-9-16(19)23-18(14)21(17)13-6-4-3-5-7-13;1-2/h3-7,10,12,16,20H,8-9,11H2,1-2H3;1-2H3. The van der Waals surface area contributed by atoms with Crippen LogP contribution in [0.2, 0.25) is 0 Å². The van der Waals surface area contributed by atoms with Gasteiger partial charge in [-0.05, 0) is 30.9 Å². The van der Waals surface area contributed by atoms with Gasteiger partial charge >= 0.3 is 0 Å². The summed E-state index contributed by atoms with van der Waals surface area (Å²) >= 11 is 7.95. The molecule has 5 heteroatoms. The quantitative estimate of drug-likeness (QED) is 0.709. The smallest absolute Gasteiger partial charge is 0.188 e. The zero-order chi connectivity index (χ0) is 18.4. The summed E-state index contributed by atoms with van der Waals surface area (Å²) in [7, 11) is 0. The maximum absolute atomic E-state index is 12.5. The Morgan fingerprint density at radius 2 is 1.96 bits per heavy atom. The van der Waals surface area contributed by atoms with Crippen LogP contribution in [0.1, 0.15) is 39.7 Å². The molecule has 1 aliphatic rings. The van der Waals surface area contributed by atoms with E-state index in [2.05, 4.69) is 35.9 Å². The summed E-state index contributed by atoms with van der Waals surface area (Å²) in [5, 5.41) is 4.40. The normalized spacial score (nSPS) is 16.0. The lowest BCUT2D eigenvalue weighted by Gasteiger charge is -2.26. The molecule has 1 aromatic carbocycles. The summed E-state index contributed by atoms with van der Waals surface area (Å²) in [4.78, 5) is 12.5. The van der Waals surface area contributed by atoms with Crippen LogP contribution in [0, 0.1) is 5.92 Å². The van der Waals surface area contributed by atoms with Crippen molar-refractivity contribution in [2.45, 2.75) is 50.3 Å². The average Bonchev–Trinajstić information content (AvgIpc) is 2.62. The highest BCUT2D eigenvalue weighted by Crippen LogP contribution is 2.38. The van der Waals surface area contributed by atoms with Crippen LogP contribution in [-0.4, -0.2) is 15.8 Å². The Balaban J connectivity index is 0.00000109. The number of halogens is 1. The lowest BCUT2D eigenvalue weighted by molar-refractivity contribution is 0.680. The van der Waals surface area contributed by atoms with Crippen molar-refractivity contribution >= 4 is 29.2 Å². The molecule has 0 spiro atoms. The largest absolute Gasteiger partial charge is 0.371 e. The van der Waals surface area contributed by atoms with Crippen molar-refractivity contribution < 1.29 is 0 Å². The van der Waals surface area contributed by atoms with E-state index in [9.17, 15) is 4.79 Å². The molecule has 2 heterocycles. The summed E-state index contributed by atoms with van der Waals surface area (Å²) in [6.45, 7) is 9.12. The number of thioether (sulfide) groups is 1. The van der Waals surface area contributed by atoms with Gasteiger partial charge in [0, 0.05) is 23.9 Å². The fourth-order valence-corrected chi connectivity index (χ4v) is 4.18. The highest BCUT2D eigenvalue weighted by molar-refractivity contribution is 8.01. The van der Waals surface area contributed by atoms with Crippen LogP contribution in [0.4, 0.5) is 5.82 Å². The van der Waals surface area contributed by atoms with Crippen LogP contribution in [0.5, 0.6) is 0 Å². The second-order valence-corrected chi connectivity index (χ2v) is 8.17. The number of hydrogen-bond acceptors (Lipinski definition) is 3. The van der Waals surface area contributed by atoms with Crippen molar-refractivity contribution in [1.82, 2.24) is 4.57 Å². The van der Waals surface area contributed by atoms with E-state index in [0.717, 1.165) is 41.5 Å². The number of fused-ring (bicyclic) bond motifs is 1. The fourth-order valence-electron chi connectivity index (χ4n) is 2.69. The molecule has 1 N–H and O–H groups in total. The summed E-state index contributed by atoms with van der Waals surface area (Å²) < 4.78 is 2.15. The molecule has 0 saturated heterocycles. The summed E-state index contributed by atoms with van der Waals surface area (Å²) in [6.07, 6.45) is 1.58. The molecule has 2 aromatic rings. The van der Waals surface area contributed by atoms with Crippen molar-refractivity contribution in [3.63, 3.8) is 0 Å². The third-order valence-electron chi connectivity index (χ3n) is 3.83. The molecule has 25 heavy (non-hydrogen) atoms. The minimum atomic E-state index is 0.0113. The lowest BCUT2D eigenvalue weighted by atomic mass is 10.1. The van der Waals surface area contributed by atoms with Gasteiger partial charge in [0.1, 0.15) is 5.82 Å². The topological polar surface area (TPSA) is 34.0 Å². The molecule has 0 bridgehead atoms. The molecule has 3 nitrogen and oxygen atoms in total. The number of pyridine rings is 1. The van der Waals surface area contributed by atoms with E-state index in [1.807, 2.05) is 32.0 Å². The van der Waals surface area contributed by atoms with Gasteiger partial charge in [0.15, 0.2) is 5.43 Å². The third-order valence-corrected chi connectivity index (χ3v) is 5.46. The van der Waals surface area contributed by atoms with Crippen molar-refractivity contribution in [3.8, 4) is 5.69 Å². The lowest BCUT2D eigenvalue weighted by Crippen LogP contribution is -2.24. The Labute approximate surface area is 159 Å². The van der Waals surface area contributed by atoms with E-state index >= 15 is 0 Å². The zero-order valence-electron chi connectivity index (χ0n) is 15.4. The number of nitrogens with zero attached hydrogens (tertiary/aromatic N) is 1. The number of hydrogen-bond donors (Lipinski definition) is 1. The van der Waals surface area contributed by atoms with Gasteiger partial charge in [-0.15, -0.1) is 11.6 Å². The number of para-hydroxylation sites is 1. The highest BCUT2D eigenvalue weighted by Gasteiger charge is 2.24. The minimum Gasteiger partial charge on any atom is -0.371 e. The van der Waals surface area contributed by atoms with Crippen molar-refractivity contribution in [3.05, 3.63) is 52.2 Å². The van der Waals surface area contributed by atoms with Crippen molar-refractivity contribution in [2.75, 3.05) is 11.9 Å². The average molecular weight is 379 g/mol. The zero-order valence-corrected chi connectivity index (χ0v) is 17.0. The first-order valence-corrected chi connectivity index (χ1v) is 10.3. The van der Waals surface area contributed by atoms with Gasteiger partial charge in [0.25, 0.3) is 0 Å². The molecule has 136 valence electrons. The Hall–Kier alpha value is -1.39. The van der Waals surface area contributed by atoms with Gasteiger partial charge in [-0.2, -0.15) is 0 Å². The first kappa shape index (κ1) is 19.9. The third kappa shape index (κ3) is 4.83. The van der Waals surface area contributed by atoms with Crippen LogP contribution in [-0.2, 0) is 6.42 Å². The molecule has 3 rings (SSSR count). The van der Waals surface area contributed by atoms with E-state index < -0.39 is 0 Å². The monoisotopic (exact) mass is 378 g/mol. The molecule has 0 amide bonds. The molecular weight excluding hydrogens is 352 g/mol. The molecule has 0 radical (unpaired) electrons. The first-order chi connectivity index (χ1) is 12.1. The number of rotatable bonds is 4. The number of aromatic nitrogens is 1. The van der Waals surface area contributed by atoms with E-state index in [1.54, 1.807) is 17.8 Å². The van der Waals surface area contributed by atoms with Gasteiger partial charge in [0.2, 0.25) is 0 Å². The van der Waals surface area contributed by atoms with E-state index in [4.69, 9.17) is 11.6 Å². The van der Waals surface area contributed by atoms with Crippen LogP contribution in [0.15, 0.2) is 46.2 Å². The molecule has 1 unspecified atom stereocenters. The van der Waals surface area contributed by atoms with E-state index in [0.29, 0.717) is 5.92 Å². The van der Waals surface area contributed by atoms with Gasteiger partial charge in [-0.3, -0.25) is 9.36 Å². The number of nitrogens with one attached hydrogen (secondary N) is 1. The van der Waals surface area contributed by atoms with Gasteiger partial charge in [-0.25, -0.2) is 0 Å². The summed E-state index contributed by atoms with van der Waals surface area (Å²) in [5.41, 5.74) is 2.04. The second-order valence-electron chi connectivity index (χ2n) is 6.19. The van der Waals surface area contributed by atoms with Crippen molar-refractivity contribution in [2.24, 2.45) is 5.92 Å². The Bertz CT molecular complexity index is 743. The van der Waals surface area contributed by atoms with Crippen molar-refractivity contribution in [1.29, 1.82) is 0 Å². The van der Waals surface area contributed by atoms with Gasteiger partial charge < -0.3 is 5.32 Å². The number of benzene rings is 1. The molecule has 0 saturated carbocycles. The SMILES string of the molecule is CC.CC(C)CNc1cc(=O)c2c(n1-c1ccccc1)SC(Cl)CC2. The maximum atomic E-state index is 12.5. The predicted molar refractivity (Wildman–Crippen MR) is 111 cm³/mol. The molecule has 1 atom stereocenters. The molecular formula is C20H27ClN2OS. The van der Waals surface area contributed by atoms with Gasteiger partial charge in [0.05, 0.1) is 9.74 Å². The first-order valence-electron chi connectivity index (χ1n) is 8.95. The second kappa shape index (κ2) is 9.35. The Morgan fingerprint density at radius 3 is 2.60 bits per heavy atom. The number of alkyl halides is 1. The van der Waals surface area contributed by atoms with Crippen LogP contribution in [0.3, 0.4) is 0 Å². The molecule has 0 fully saturated rings. The summed E-state index contributed by atoms with van der Waals surface area (Å²) in [6, 6.07) is 11.9. The van der Waals surface area contributed by atoms with E-state index in [1.165, 1.54) is 0 Å². The van der Waals surface area contributed by atoms with Gasteiger partial charge in [-0.1, -0.05) is 57.7 Å². The maximum Gasteiger partial charge on any atom is 0.188 e. The highest BCUT2D eigenvalue weighted by atomic mass is 35.5. The fraction of sp³-hybridized carbons (Fsp3) is 0.450. The van der Waals surface area contributed by atoms with Crippen LogP contribution < -0.4 is 10.7 Å². The Kier molecular flexibility index (Phi) is 7.45. The minimum absolute atomic E-state index is 0.0113. The van der Waals surface area contributed by atoms with E-state index in [-0.39, 0.29) is 10.1 Å². The molecule has 1 aromatic heterocycles. The molecule has 1 aliphatic heterocycles. The Morgan fingerprint density at radius 1 is 1.28 bits per heavy atom. The summed E-state index contributed by atoms with van der Waals surface area (Å²) in [5.74, 6) is 1.34. The number of anilines is 1. The predicted octanol–water partition coefficient (Wildman–Crippen LogP) is 5.53. The molecule has 0 aliphatic carbocycles. The van der Waals surface area contributed by atoms with Crippen LogP contribution >= 0.6 is 23.4 Å². The van der Waals surface area contributed by atoms with Crippen LogP contribution in [0.25, 0.3) is 5.69 Å².